The van der Waals surface area contributed by atoms with Crippen LogP contribution in [0, 0.1) is 6.92 Å². The average Bonchev–Trinajstić information content (AvgIpc) is 2.29. The van der Waals surface area contributed by atoms with Crippen molar-refractivity contribution in [2.75, 3.05) is 0 Å². The Bertz CT molecular complexity index is 654. The number of benzene rings is 1. The molecule has 0 spiro atoms. The standard InChI is InChI=1S/C13H14NO3S.HI/c1-11-5-7-13(8-6-11)18(15,16)17-12-4-3-9-14(2)10-12;/h3-10H,1-2H3;1H/q+1;/p-1. The molecule has 1 aromatic heterocycles. The van der Waals surface area contributed by atoms with Gasteiger partial charge in [-0.2, -0.15) is 8.42 Å². The van der Waals surface area contributed by atoms with Crippen LogP contribution in [0.3, 0.4) is 0 Å². The molecule has 1 aromatic carbocycles. The summed E-state index contributed by atoms with van der Waals surface area (Å²) >= 11 is 0. The number of rotatable bonds is 3. The van der Waals surface area contributed by atoms with Crippen molar-refractivity contribution in [3.8, 4) is 5.75 Å². The maximum atomic E-state index is 12.0. The molecule has 19 heavy (non-hydrogen) atoms. The predicted molar refractivity (Wildman–Crippen MR) is 66.6 cm³/mol. The lowest BCUT2D eigenvalue weighted by atomic mass is 10.2. The van der Waals surface area contributed by atoms with Gasteiger partial charge < -0.3 is 28.2 Å². The lowest BCUT2D eigenvalue weighted by Crippen LogP contribution is -3.00. The Hall–Kier alpha value is -1.15. The summed E-state index contributed by atoms with van der Waals surface area (Å²) in [5, 5.41) is 0. The summed E-state index contributed by atoms with van der Waals surface area (Å²) in [6, 6.07) is 9.87. The number of halogens is 1. The Morgan fingerprint density at radius 2 is 1.74 bits per heavy atom. The number of hydrogen-bond acceptors (Lipinski definition) is 3. The number of pyridine rings is 1. The zero-order valence-electron chi connectivity index (χ0n) is 10.6. The topological polar surface area (TPSA) is 47.3 Å². The highest BCUT2D eigenvalue weighted by Gasteiger charge is 2.17. The Kier molecular flexibility index (Phi) is 5.30. The molecule has 0 fully saturated rings. The number of hydrogen-bond donors (Lipinski definition) is 0. The zero-order valence-corrected chi connectivity index (χ0v) is 13.6. The third kappa shape index (κ3) is 4.17. The van der Waals surface area contributed by atoms with Crippen LogP contribution in [0.4, 0.5) is 0 Å². The Balaban J connectivity index is 0.00000180. The van der Waals surface area contributed by atoms with Gasteiger partial charge in [0.25, 0.3) is 0 Å². The van der Waals surface area contributed by atoms with Crippen molar-refractivity contribution in [3.05, 3.63) is 54.4 Å². The van der Waals surface area contributed by atoms with Gasteiger partial charge in [-0.25, -0.2) is 4.57 Å². The molecule has 4 nitrogen and oxygen atoms in total. The largest absolute Gasteiger partial charge is 1.00 e. The summed E-state index contributed by atoms with van der Waals surface area (Å²) in [4.78, 5) is 0.152. The molecule has 102 valence electrons. The van der Waals surface area contributed by atoms with Crippen LogP contribution >= 0.6 is 0 Å². The van der Waals surface area contributed by atoms with Crippen LogP contribution in [-0.4, -0.2) is 8.42 Å². The molecule has 2 aromatic rings. The van der Waals surface area contributed by atoms with Crippen LogP contribution in [-0.2, 0) is 17.2 Å². The van der Waals surface area contributed by atoms with Crippen LogP contribution < -0.4 is 32.7 Å². The van der Waals surface area contributed by atoms with Gasteiger partial charge in [-0.3, -0.25) is 0 Å². The molecule has 0 saturated carbocycles. The van der Waals surface area contributed by atoms with Gasteiger partial charge in [0.05, 0.1) is 0 Å². The molecule has 0 N–H and O–H groups in total. The fourth-order valence-corrected chi connectivity index (χ4v) is 2.41. The molecule has 0 atom stereocenters. The maximum Gasteiger partial charge on any atom is 0.339 e. The summed E-state index contributed by atoms with van der Waals surface area (Å²) in [6.07, 6.45) is 3.40. The second-order valence-corrected chi connectivity index (χ2v) is 5.60. The van der Waals surface area contributed by atoms with Crippen molar-refractivity contribution in [1.29, 1.82) is 0 Å². The van der Waals surface area contributed by atoms with Crippen molar-refractivity contribution in [3.63, 3.8) is 0 Å². The molecule has 0 saturated heterocycles. The minimum absolute atomic E-state index is 0. The minimum atomic E-state index is -3.76. The molecule has 6 heteroatoms. The van der Waals surface area contributed by atoms with Gasteiger partial charge in [0.15, 0.2) is 6.20 Å². The molecule has 2 rings (SSSR count). The van der Waals surface area contributed by atoms with Crippen LogP contribution in [0.15, 0.2) is 53.7 Å². The van der Waals surface area contributed by atoms with Crippen molar-refractivity contribution in [1.82, 2.24) is 0 Å². The minimum Gasteiger partial charge on any atom is -1.00 e. The van der Waals surface area contributed by atoms with Crippen molar-refractivity contribution < 1.29 is 41.1 Å². The van der Waals surface area contributed by atoms with E-state index in [0.717, 1.165) is 5.56 Å². The van der Waals surface area contributed by atoms with Crippen LogP contribution in [0.1, 0.15) is 5.56 Å². The second-order valence-electron chi connectivity index (χ2n) is 4.06. The maximum absolute atomic E-state index is 12.0. The van der Waals surface area contributed by atoms with Gasteiger partial charge in [0, 0.05) is 6.07 Å². The van der Waals surface area contributed by atoms with E-state index < -0.39 is 10.1 Å². The van der Waals surface area contributed by atoms with Crippen molar-refractivity contribution in [2.24, 2.45) is 7.05 Å². The summed E-state index contributed by atoms with van der Waals surface area (Å²) in [7, 11) is -1.96. The highest BCUT2D eigenvalue weighted by atomic mass is 127. The fraction of sp³-hybridized carbons (Fsp3) is 0.154. The number of aryl methyl sites for hydroxylation is 2. The average molecular weight is 391 g/mol. The molecule has 0 unspecified atom stereocenters. The zero-order chi connectivity index (χ0) is 13.2. The van der Waals surface area contributed by atoms with E-state index in [9.17, 15) is 8.42 Å². The molecule has 1 heterocycles. The van der Waals surface area contributed by atoms with Crippen LogP contribution in [0.25, 0.3) is 0 Å². The molecular weight excluding hydrogens is 377 g/mol. The van der Waals surface area contributed by atoms with E-state index in [1.54, 1.807) is 48.3 Å². The van der Waals surface area contributed by atoms with Gasteiger partial charge in [0.2, 0.25) is 11.9 Å². The monoisotopic (exact) mass is 391 g/mol. The lowest BCUT2D eigenvalue weighted by Gasteiger charge is -2.05. The first-order valence-electron chi connectivity index (χ1n) is 5.44. The van der Waals surface area contributed by atoms with E-state index in [4.69, 9.17) is 4.18 Å². The van der Waals surface area contributed by atoms with Crippen LogP contribution in [0.2, 0.25) is 0 Å². The van der Waals surface area contributed by atoms with Gasteiger partial charge in [-0.15, -0.1) is 0 Å². The summed E-state index contributed by atoms with van der Waals surface area (Å²) in [6.45, 7) is 1.90. The smallest absolute Gasteiger partial charge is 0.339 e. The van der Waals surface area contributed by atoms with Crippen molar-refractivity contribution in [2.45, 2.75) is 11.8 Å². The molecule has 0 bridgehead atoms. The quantitative estimate of drug-likeness (QED) is 0.367. The highest BCUT2D eigenvalue weighted by molar-refractivity contribution is 7.87. The Morgan fingerprint density at radius 3 is 2.32 bits per heavy atom. The van der Waals surface area contributed by atoms with E-state index in [1.807, 2.05) is 6.92 Å². The third-order valence-electron chi connectivity index (χ3n) is 2.43. The SMILES string of the molecule is Cc1ccc(S(=O)(=O)Oc2ccc[n+](C)c2)cc1.[I-]. The molecule has 0 aliphatic heterocycles. The highest BCUT2D eigenvalue weighted by Crippen LogP contribution is 2.17. The summed E-state index contributed by atoms with van der Waals surface area (Å²) < 4.78 is 30.8. The van der Waals surface area contributed by atoms with Gasteiger partial charge >= 0.3 is 10.1 Å². The van der Waals surface area contributed by atoms with E-state index in [1.165, 1.54) is 12.1 Å². The summed E-state index contributed by atoms with van der Waals surface area (Å²) in [5.41, 5.74) is 1.00. The molecule has 0 aliphatic carbocycles. The lowest BCUT2D eigenvalue weighted by molar-refractivity contribution is -0.671. The first-order chi connectivity index (χ1) is 8.47. The Labute approximate surface area is 130 Å². The van der Waals surface area contributed by atoms with Crippen molar-refractivity contribution >= 4 is 10.1 Å². The normalized spacial score (nSPS) is 10.6. The van der Waals surface area contributed by atoms with E-state index >= 15 is 0 Å². The van der Waals surface area contributed by atoms with Crippen LogP contribution in [0.5, 0.6) is 5.75 Å². The molecule has 0 radical (unpaired) electrons. The second kappa shape index (κ2) is 6.33. The van der Waals surface area contributed by atoms with E-state index in [0.29, 0.717) is 5.75 Å². The molecule has 0 aliphatic rings. The Morgan fingerprint density at radius 1 is 1.11 bits per heavy atom. The third-order valence-corrected chi connectivity index (χ3v) is 3.69. The van der Waals surface area contributed by atoms with Gasteiger partial charge in [-0.05, 0) is 25.1 Å². The van der Waals surface area contributed by atoms with Gasteiger partial charge in [0.1, 0.15) is 11.9 Å². The summed E-state index contributed by atoms with van der Waals surface area (Å²) in [5.74, 6) is 0.292. The van der Waals surface area contributed by atoms with E-state index in [2.05, 4.69) is 0 Å². The first-order valence-corrected chi connectivity index (χ1v) is 6.85. The fourth-order valence-electron chi connectivity index (χ4n) is 1.49. The first kappa shape index (κ1) is 15.9. The molecule has 0 amide bonds. The number of aromatic nitrogens is 1. The van der Waals surface area contributed by atoms with E-state index in [-0.39, 0.29) is 28.9 Å². The molecular formula is C13H14INO3S. The van der Waals surface area contributed by atoms with Gasteiger partial charge in [-0.1, -0.05) is 17.7 Å². The number of nitrogens with zero attached hydrogens (tertiary/aromatic N) is 1. The predicted octanol–water partition coefficient (Wildman–Crippen LogP) is -1.41.